The summed E-state index contributed by atoms with van der Waals surface area (Å²) >= 11 is 0. The van der Waals surface area contributed by atoms with Crippen LogP contribution in [0.5, 0.6) is 0 Å². The molecule has 0 bridgehead atoms. The number of nitrogens with one attached hydrogen (secondary N) is 1. The van der Waals surface area contributed by atoms with Gasteiger partial charge in [-0.05, 0) is 68.9 Å². The van der Waals surface area contributed by atoms with Crippen LogP contribution in [0.2, 0.25) is 0 Å². The molecule has 1 heterocycles. The fraction of sp³-hybridized carbons (Fsp3) is 0.435. The van der Waals surface area contributed by atoms with Gasteiger partial charge < -0.3 is 5.32 Å². The Morgan fingerprint density at radius 2 is 1.79 bits per heavy atom. The molecule has 1 N–H and O–H groups in total. The molecule has 0 unspecified atom stereocenters. The Balaban J connectivity index is 1.77. The molecular formula is C23H30N2O3S. The van der Waals surface area contributed by atoms with Gasteiger partial charge in [-0.25, -0.2) is 8.42 Å². The summed E-state index contributed by atoms with van der Waals surface area (Å²) < 4.78 is 27.5. The van der Waals surface area contributed by atoms with Gasteiger partial charge in [0.15, 0.2) is 0 Å². The number of sulfonamides is 1. The predicted octanol–water partition coefficient (Wildman–Crippen LogP) is 4.22. The third-order valence-corrected chi connectivity index (χ3v) is 7.61. The number of hydrogen-bond donors (Lipinski definition) is 1. The van der Waals surface area contributed by atoms with Crippen molar-refractivity contribution in [3.8, 4) is 0 Å². The molecule has 2 aromatic carbocycles. The second-order valence-electron chi connectivity index (χ2n) is 8.17. The van der Waals surface area contributed by atoms with Gasteiger partial charge in [-0.15, -0.1) is 0 Å². The van der Waals surface area contributed by atoms with Crippen LogP contribution in [0.4, 0.5) is 0 Å². The second kappa shape index (κ2) is 8.67. The van der Waals surface area contributed by atoms with Crippen molar-refractivity contribution in [1.29, 1.82) is 0 Å². The first kappa shape index (κ1) is 21.5. The molecule has 1 aliphatic rings. The highest BCUT2D eigenvalue weighted by atomic mass is 32.2. The maximum absolute atomic E-state index is 13.0. The fourth-order valence-corrected chi connectivity index (χ4v) is 5.36. The molecule has 3 rings (SSSR count). The average Bonchev–Trinajstić information content (AvgIpc) is 2.68. The first-order valence-corrected chi connectivity index (χ1v) is 11.6. The molecule has 1 amide bonds. The third-order valence-electron chi connectivity index (χ3n) is 5.72. The zero-order valence-electron chi connectivity index (χ0n) is 17.6. The van der Waals surface area contributed by atoms with Crippen molar-refractivity contribution in [2.75, 3.05) is 13.1 Å². The fourth-order valence-electron chi connectivity index (χ4n) is 3.84. The molecule has 0 saturated carbocycles. The Labute approximate surface area is 174 Å². The Morgan fingerprint density at radius 1 is 1.10 bits per heavy atom. The highest BCUT2D eigenvalue weighted by Gasteiger charge is 2.28. The van der Waals surface area contributed by atoms with E-state index in [-0.39, 0.29) is 16.8 Å². The van der Waals surface area contributed by atoms with Gasteiger partial charge in [0.2, 0.25) is 10.0 Å². The zero-order valence-corrected chi connectivity index (χ0v) is 18.4. The van der Waals surface area contributed by atoms with Gasteiger partial charge in [0.05, 0.1) is 10.9 Å². The van der Waals surface area contributed by atoms with E-state index in [9.17, 15) is 13.2 Å². The molecule has 0 aliphatic carbocycles. The van der Waals surface area contributed by atoms with Crippen molar-refractivity contribution >= 4 is 15.9 Å². The monoisotopic (exact) mass is 414 g/mol. The lowest BCUT2D eigenvalue weighted by molar-refractivity contribution is 0.0939. The number of nitrogens with zero attached hydrogens (tertiary/aromatic N) is 1. The number of carbonyl (C=O) groups excluding carboxylic acids is 1. The zero-order chi connectivity index (χ0) is 21.2. The van der Waals surface area contributed by atoms with Crippen LogP contribution >= 0.6 is 0 Å². The van der Waals surface area contributed by atoms with Crippen molar-refractivity contribution in [1.82, 2.24) is 9.62 Å². The second-order valence-corrected chi connectivity index (χ2v) is 10.1. The molecule has 29 heavy (non-hydrogen) atoms. The van der Waals surface area contributed by atoms with E-state index in [0.717, 1.165) is 24.0 Å². The topological polar surface area (TPSA) is 66.5 Å². The minimum absolute atomic E-state index is 0.174. The number of carbonyl (C=O) groups is 1. The van der Waals surface area contributed by atoms with Gasteiger partial charge in [0.25, 0.3) is 5.91 Å². The molecule has 0 spiro atoms. The number of aryl methyl sites for hydroxylation is 2. The van der Waals surface area contributed by atoms with Crippen LogP contribution in [-0.4, -0.2) is 31.7 Å². The molecule has 0 radical (unpaired) electrons. The summed E-state index contributed by atoms with van der Waals surface area (Å²) in [5, 5.41) is 2.99. The largest absolute Gasteiger partial charge is 0.346 e. The molecular weight excluding hydrogens is 384 g/mol. The summed E-state index contributed by atoms with van der Waals surface area (Å²) in [6.07, 6.45) is 1.74. The summed E-state index contributed by atoms with van der Waals surface area (Å²) in [6.45, 7) is 9.21. The van der Waals surface area contributed by atoms with Crippen LogP contribution in [0.15, 0.2) is 47.4 Å². The highest BCUT2D eigenvalue weighted by Crippen LogP contribution is 2.24. The Kier molecular flexibility index (Phi) is 6.44. The lowest BCUT2D eigenvalue weighted by Gasteiger charge is -2.29. The average molecular weight is 415 g/mol. The summed E-state index contributed by atoms with van der Waals surface area (Å²) in [7, 11) is -3.58. The predicted molar refractivity (Wildman–Crippen MR) is 115 cm³/mol. The van der Waals surface area contributed by atoms with Gasteiger partial charge in [-0.2, -0.15) is 4.31 Å². The van der Waals surface area contributed by atoms with Gasteiger partial charge in [0.1, 0.15) is 0 Å². The first-order valence-electron chi connectivity index (χ1n) is 10.2. The first-order chi connectivity index (χ1) is 13.7. The van der Waals surface area contributed by atoms with Crippen molar-refractivity contribution in [2.24, 2.45) is 5.92 Å². The summed E-state index contributed by atoms with van der Waals surface area (Å²) in [5.41, 5.74) is 3.70. The van der Waals surface area contributed by atoms with Crippen molar-refractivity contribution < 1.29 is 13.2 Å². The van der Waals surface area contributed by atoms with Gasteiger partial charge in [0, 0.05) is 18.7 Å². The molecule has 6 heteroatoms. The summed E-state index contributed by atoms with van der Waals surface area (Å²) in [5.74, 6) is 0.270. The van der Waals surface area contributed by atoms with E-state index in [1.165, 1.54) is 15.9 Å². The van der Waals surface area contributed by atoms with E-state index >= 15 is 0 Å². The number of rotatable bonds is 5. The molecule has 5 nitrogen and oxygen atoms in total. The van der Waals surface area contributed by atoms with Crippen molar-refractivity contribution in [3.05, 3.63) is 64.7 Å². The van der Waals surface area contributed by atoms with Crippen LogP contribution in [0.3, 0.4) is 0 Å². The SMILES string of the molecule is Cc1ccc([C@@H](C)NC(=O)c2cccc(S(=O)(=O)N3CCC(C)CC3)c2)c(C)c1. The maximum atomic E-state index is 13.0. The molecule has 1 atom stereocenters. The number of hydrogen-bond acceptors (Lipinski definition) is 3. The van der Waals surface area contributed by atoms with Crippen LogP contribution < -0.4 is 5.32 Å². The minimum atomic E-state index is -3.58. The van der Waals surface area contributed by atoms with E-state index in [2.05, 4.69) is 18.3 Å². The van der Waals surface area contributed by atoms with Gasteiger partial charge in [-0.1, -0.05) is 36.8 Å². The van der Waals surface area contributed by atoms with Crippen LogP contribution in [0, 0.1) is 19.8 Å². The van der Waals surface area contributed by atoms with Crippen LogP contribution in [0.1, 0.15) is 59.8 Å². The molecule has 156 valence electrons. The summed E-state index contributed by atoms with van der Waals surface area (Å²) in [6, 6.07) is 12.3. The lowest BCUT2D eigenvalue weighted by atomic mass is 10.00. The molecule has 1 fully saturated rings. The van der Waals surface area contributed by atoms with Gasteiger partial charge in [-0.3, -0.25) is 4.79 Å². The Hall–Kier alpha value is -2.18. The molecule has 2 aromatic rings. The minimum Gasteiger partial charge on any atom is -0.346 e. The smallest absolute Gasteiger partial charge is 0.251 e. The standard InChI is InChI=1S/C23H30N2O3S/c1-16-10-12-25(13-11-16)29(27,28)21-7-5-6-20(15-21)23(26)24-19(4)22-9-8-17(2)14-18(22)3/h5-9,14-16,19H,10-13H2,1-4H3,(H,24,26)/t19-/m1/s1. The Morgan fingerprint density at radius 3 is 2.45 bits per heavy atom. The molecule has 1 saturated heterocycles. The van der Waals surface area contributed by atoms with E-state index in [1.54, 1.807) is 18.2 Å². The van der Waals surface area contributed by atoms with Crippen LogP contribution in [-0.2, 0) is 10.0 Å². The van der Waals surface area contributed by atoms with E-state index in [1.807, 2.05) is 32.9 Å². The number of benzene rings is 2. The van der Waals surface area contributed by atoms with Crippen molar-refractivity contribution in [2.45, 2.75) is 51.5 Å². The third kappa shape index (κ3) is 4.87. The van der Waals surface area contributed by atoms with E-state index in [0.29, 0.717) is 24.6 Å². The maximum Gasteiger partial charge on any atom is 0.251 e. The normalized spacial score (nSPS) is 17.1. The Bertz CT molecular complexity index is 993. The quantitative estimate of drug-likeness (QED) is 0.797. The molecule has 0 aromatic heterocycles. The van der Waals surface area contributed by atoms with E-state index in [4.69, 9.17) is 0 Å². The van der Waals surface area contributed by atoms with Crippen LogP contribution in [0.25, 0.3) is 0 Å². The lowest BCUT2D eigenvalue weighted by Crippen LogP contribution is -2.38. The van der Waals surface area contributed by atoms with Gasteiger partial charge >= 0.3 is 0 Å². The number of amides is 1. The van der Waals surface area contributed by atoms with E-state index < -0.39 is 10.0 Å². The highest BCUT2D eigenvalue weighted by molar-refractivity contribution is 7.89. The van der Waals surface area contributed by atoms with Crippen molar-refractivity contribution in [3.63, 3.8) is 0 Å². The molecule has 1 aliphatic heterocycles. The number of piperidine rings is 1. The summed E-state index contributed by atoms with van der Waals surface area (Å²) in [4.78, 5) is 13.0.